The normalized spacial score (nSPS) is 18.4. The Morgan fingerprint density at radius 2 is 2.07 bits per heavy atom. The Morgan fingerprint density at radius 1 is 1.36 bits per heavy atom. The van der Waals surface area contributed by atoms with E-state index in [0.29, 0.717) is 0 Å². The Bertz CT molecular complexity index is 507. The van der Waals surface area contributed by atoms with Crippen LogP contribution in [0.5, 0.6) is 0 Å². The van der Waals surface area contributed by atoms with Gasteiger partial charge in [0.15, 0.2) is 9.84 Å². The Hall–Kier alpha value is -1.56. The lowest BCUT2D eigenvalue weighted by Crippen LogP contribution is -2.29. The van der Waals surface area contributed by atoms with Crippen LogP contribution < -0.4 is 11.1 Å². The molecule has 73 valence electrons. The van der Waals surface area contributed by atoms with Gasteiger partial charge < -0.3 is 11.1 Å². The van der Waals surface area contributed by atoms with E-state index in [0.717, 1.165) is 0 Å². The van der Waals surface area contributed by atoms with E-state index in [2.05, 4.69) is 5.32 Å². The van der Waals surface area contributed by atoms with Crippen LogP contribution in [0.3, 0.4) is 0 Å². The molecule has 1 aromatic rings. The molecule has 1 amide bonds. The summed E-state index contributed by atoms with van der Waals surface area (Å²) >= 11 is 0. The van der Waals surface area contributed by atoms with E-state index in [1.807, 2.05) is 0 Å². The average Bonchev–Trinajstić information content (AvgIpc) is 2.00. The minimum atomic E-state index is -3.50. The maximum atomic E-state index is 11.5. The van der Waals surface area contributed by atoms with Crippen molar-refractivity contribution in [2.45, 2.75) is 4.90 Å². The van der Waals surface area contributed by atoms with Crippen LogP contribution in [-0.4, -0.2) is 20.1 Å². The van der Waals surface area contributed by atoms with Crippen LogP contribution in [0.2, 0.25) is 0 Å². The maximum Gasteiger partial charge on any atom is 0.239 e. The molecule has 0 fully saturated rings. The molecule has 6 heteroatoms. The fourth-order valence-corrected chi connectivity index (χ4v) is 2.63. The number of hydrogen-bond donors (Lipinski definition) is 1. The van der Waals surface area contributed by atoms with E-state index in [1.165, 1.54) is 18.2 Å². The molecule has 1 aliphatic rings. The average molecular weight is 211 g/mol. The summed E-state index contributed by atoms with van der Waals surface area (Å²) in [6.07, 6.45) is 0. The highest BCUT2D eigenvalue weighted by atomic mass is 32.2. The predicted octanol–water partition coefficient (Wildman–Crippen LogP) is 0.327. The lowest BCUT2D eigenvalue weighted by Gasteiger charge is -2.16. The quantitative estimate of drug-likeness (QED) is 0.670. The fraction of sp³-hybridized carbons (Fsp3) is 0.125. The summed E-state index contributed by atoms with van der Waals surface area (Å²) < 4.78 is 22.9. The third-order valence-electron chi connectivity index (χ3n) is 1.91. The van der Waals surface area contributed by atoms with Gasteiger partial charge >= 0.3 is 0 Å². The van der Waals surface area contributed by atoms with Gasteiger partial charge in [0, 0.05) is 0 Å². The molecule has 0 unspecified atom stereocenters. The molecule has 2 N–H and O–H groups in total. The Balaban J connectivity index is 2.69. The first-order chi connectivity index (χ1) is 6.49. The van der Waals surface area contributed by atoms with E-state index in [4.69, 9.17) is 5.73 Å². The molecule has 1 heterocycles. The summed E-state index contributed by atoms with van der Waals surface area (Å²) in [5, 5.41) is 2.42. The highest BCUT2D eigenvalue weighted by Crippen LogP contribution is 2.28. The topological polar surface area (TPSA) is 87.0 Å². The number of amides is 1. The Kier molecular flexibility index (Phi) is 1.75. The number of nitrogens with one attached hydrogen (secondary N) is 2. The standard InChI is InChI=1S/C8H7N2O3S/c9-5-1-2-7-6(3-5)10-8(11)4-14(7,12)13/h1-3,9H,4H2,(H,10,11). The highest BCUT2D eigenvalue weighted by Gasteiger charge is 2.28. The number of benzene rings is 1. The molecule has 14 heavy (non-hydrogen) atoms. The van der Waals surface area contributed by atoms with Crippen LogP contribution in [0.1, 0.15) is 0 Å². The molecular formula is C8H7N2O3S. The molecule has 2 rings (SSSR count). The SMILES string of the molecule is [NH]c1ccc2c(c1)NC(=O)CS2(=O)=O. The van der Waals surface area contributed by atoms with Gasteiger partial charge in [-0.2, -0.15) is 0 Å². The van der Waals surface area contributed by atoms with Crippen molar-refractivity contribution >= 4 is 27.1 Å². The molecular weight excluding hydrogens is 204 g/mol. The first-order valence-corrected chi connectivity index (χ1v) is 5.52. The van der Waals surface area contributed by atoms with Gasteiger partial charge in [0.2, 0.25) is 5.91 Å². The van der Waals surface area contributed by atoms with Crippen molar-refractivity contribution in [1.82, 2.24) is 5.73 Å². The first-order valence-electron chi connectivity index (χ1n) is 3.87. The maximum absolute atomic E-state index is 11.5. The van der Waals surface area contributed by atoms with Crippen LogP contribution in [0, 0.1) is 0 Å². The number of hydrogen-bond acceptors (Lipinski definition) is 3. The number of rotatable bonds is 0. The van der Waals surface area contributed by atoms with E-state index in [1.54, 1.807) is 0 Å². The van der Waals surface area contributed by atoms with Gasteiger partial charge in [-0.1, -0.05) is 0 Å². The van der Waals surface area contributed by atoms with Crippen LogP contribution in [-0.2, 0) is 14.6 Å². The van der Waals surface area contributed by atoms with Crippen molar-refractivity contribution < 1.29 is 13.2 Å². The largest absolute Gasteiger partial charge is 0.324 e. The third kappa shape index (κ3) is 1.33. The summed E-state index contributed by atoms with van der Waals surface area (Å²) in [5.41, 5.74) is 7.65. The molecule has 0 spiro atoms. The summed E-state index contributed by atoms with van der Waals surface area (Å²) in [5.74, 6) is -1.07. The number of fused-ring (bicyclic) bond motifs is 1. The van der Waals surface area contributed by atoms with Crippen molar-refractivity contribution in [3.8, 4) is 0 Å². The first kappa shape index (κ1) is 9.01. The van der Waals surface area contributed by atoms with Crippen molar-refractivity contribution in [1.29, 1.82) is 0 Å². The van der Waals surface area contributed by atoms with E-state index >= 15 is 0 Å². The highest BCUT2D eigenvalue weighted by molar-refractivity contribution is 7.92. The third-order valence-corrected chi connectivity index (χ3v) is 3.58. The van der Waals surface area contributed by atoms with Crippen molar-refractivity contribution in [3.63, 3.8) is 0 Å². The smallest absolute Gasteiger partial charge is 0.239 e. The molecule has 1 aromatic carbocycles. The van der Waals surface area contributed by atoms with E-state index in [-0.39, 0.29) is 16.3 Å². The Morgan fingerprint density at radius 3 is 2.79 bits per heavy atom. The number of sulfone groups is 1. The second-order valence-corrected chi connectivity index (χ2v) is 4.98. The number of carbonyl (C=O) groups is 1. The van der Waals surface area contributed by atoms with Gasteiger partial charge in [-0.25, -0.2) is 8.42 Å². The lowest BCUT2D eigenvalue weighted by molar-refractivity contribution is -0.114. The zero-order chi connectivity index (χ0) is 10.3. The molecule has 0 aliphatic carbocycles. The lowest BCUT2D eigenvalue weighted by atomic mass is 10.3. The van der Waals surface area contributed by atoms with Gasteiger partial charge in [0.1, 0.15) is 5.75 Å². The van der Waals surface area contributed by atoms with Crippen molar-refractivity contribution in [2.75, 3.05) is 11.1 Å². The minimum absolute atomic E-state index is 0.0908. The fourth-order valence-electron chi connectivity index (χ4n) is 1.34. The molecule has 0 atom stereocenters. The molecule has 0 aromatic heterocycles. The van der Waals surface area contributed by atoms with Crippen LogP contribution in [0.4, 0.5) is 11.4 Å². The second-order valence-electron chi connectivity index (χ2n) is 3.02. The van der Waals surface area contributed by atoms with E-state index < -0.39 is 21.5 Å². The Labute approximate surface area is 80.8 Å². The molecule has 1 radical (unpaired) electrons. The summed E-state index contributed by atoms with van der Waals surface area (Å²) in [6.45, 7) is 0. The zero-order valence-electron chi connectivity index (χ0n) is 7.07. The molecule has 0 saturated carbocycles. The minimum Gasteiger partial charge on any atom is -0.324 e. The predicted molar refractivity (Wildman–Crippen MR) is 49.9 cm³/mol. The second kappa shape index (κ2) is 2.71. The van der Waals surface area contributed by atoms with Gasteiger partial charge in [-0.05, 0) is 18.2 Å². The molecule has 5 nitrogen and oxygen atoms in total. The summed E-state index contributed by atoms with van der Waals surface area (Å²) in [7, 11) is -3.50. The summed E-state index contributed by atoms with van der Waals surface area (Å²) in [4.78, 5) is 11.1. The number of anilines is 1. The van der Waals surface area contributed by atoms with Crippen LogP contribution in [0.25, 0.3) is 0 Å². The van der Waals surface area contributed by atoms with Crippen LogP contribution >= 0.6 is 0 Å². The molecule has 0 bridgehead atoms. The van der Waals surface area contributed by atoms with Gasteiger partial charge in [-0.15, -0.1) is 0 Å². The van der Waals surface area contributed by atoms with Gasteiger partial charge in [0.25, 0.3) is 0 Å². The van der Waals surface area contributed by atoms with E-state index in [9.17, 15) is 13.2 Å². The summed E-state index contributed by atoms with van der Waals surface area (Å²) in [6, 6.07) is 4.05. The van der Waals surface area contributed by atoms with Gasteiger partial charge in [0.05, 0.1) is 16.3 Å². The molecule has 0 saturated heterocycles. The monoisotopic (exact) mass is 211 g/mol. The van der Waals surface area contributed by atoms with Crippen molar-refractivity contribution in [3.05, 3.63) is 18.2 Å². The van der Waals surface area contributed by atoms with Crippen molar-refractivity contribution in [2.24, 2.45) is 0 Å². The number of carbonyl (C=O) groups excluding carboxylic acids is 1. The molecule has 1 aliphatic heterocycles. The van der Waals surface area contributed by atoms with Gasteiger partial charge in [-0.3, -0.25) is 4.79 Å². The van der Waals surface area contributed by atoms with Crippen LogP contribution in [0.15, 0.2) is 23.1 Å². The zero-order valence-corrected chi connectivity index (χ0v) is 7.89.